The average Bonchev–Trinajstić information content (AvgIpc) is 2.26. The Morgan fingerprint density at radius 3 is 2.75 bits per heavy atom. The zero-order valence-corrected chi connectivity index (χ0v) is 10.4. The molecule has 16 heavy (non-hydrogen) atoms. The Morgan fingerprint density at radius 1 is 1.62 bits per heavy atom. The van der Waals surface area contributed by atoms with Crippen LogP contribution in [0.5, 0.6) is 0 Å². The van der Waals surface area contributed by atoms with Gasteiger partial charge in [-0.2, -0.15) is 0 Å². The molecular weight excluding hydrogens is 224 g/mol. The first kappa shape index (κ1) is 13.0. The van der Waals surface area contributed by atoms with Crippen LogP contribution in [-0.4, -0.2) is 22.7 Å². The van der Waals surface area contributed by atoms with Gasteiger partial charge in [-0.05, 0) is 25.5 Å². The lowest BCUT2D eigenvalue weighted by Gasteiger charge is -2.27. The molecule has 0 unspecified atom stereocenters. The highest BCUT2D eigenvalue weighted by atomic mass is 35.5. The largest absolute Gasteiger partial charge is 0.392 e. The van der Waals surface area contributed by atoms with Crippen molar-refractivity contribution in [2.45, 2.75) is 26.5 Å². The highest BCUT2D eigenvalue weighted by Crippen LogP contribution is 2.25. The Bertz CT molecular complexity index is 366. The lowest BCUT2D eigenvalue weighted by Crippen LogP contribution is -2.31. The van der Waals surface area contributed by atoms with E-state index in [4.69, 9.17) is 16.7 Å². The van der Waals surface area contributed by atoms with Gasteiger partial charge in [0.2, 0.25) is 0 Å². The molecule has 0 radical (unpaired) electrons. The Labute approximate surface area is 101 Å². The van der Waals surface area contributed by atoms with Gasteiger partial charge in [0.1, 0.15) is 5.82 Å². The van der Waals surface area contributed by atoms with Crippen LogP contribution >= 0.6 is 11.6 Å². The first-order chi connectivity index (χ1) is 7.60. The fourth-order valence-electron chi connectivity index (χ4n) is 1.45. The van der Waals surface area contributed by atoms with Crippen LogP contribution in [0.2, 0.25) is 5.02 Å². The summed E-state index contributed by atoms with van der Waals surface area (Å²) in [5.74, 6) is 0.730. The van der Waals surface area contributed by atoms with E-state index in [9.17, 15) is 0 Å². The number of aromatic nitrogens is 1. The van der Waals surface area contributed by atoms with Crippen molar-refractivity contribution in [3.63, 3.8) is 0 Å². The quantitative estimate of drug-likeness (QED) is 0.804. The molecular formula is C12H17ClN2O. The molecule has 0 atom stereocenters. The van der Waals surface area contributed by atoms with Crippen molar-refractivity contribution in [2.24, 2.45) is 0 Å². The lowest BCUT2D eigenvalue weighted by atomic mass is 10.2. The Kier molecular flexibility index (Phi) is 4.77. The Balaban J connectivity index is 3.04. The molecule has 0 aromatic carbocycles. The average molecular weight is 241 g/mol. The third-order valence-electron chi connectivity index (χ3n) is 2.28. The summed E-state index contributed by atoms with van der Waals surface area (Å²) < 4.78 is 0. The van der Waals surface area contributed by atoms with Gasteiger partial charge in [0.25, 0.3) is 0 Å². The van der Waals surface area contributed by atoms with Crippen LogP contribution in [0.15, 0.2) is 24.9 Å². The van der Waals surface area contributed by atoms with Crippen LogP contribution in [-0.2, 0) is 6.61 Å². The molecule has 0 spiro atoms. The first-order valence-electron chi connectivity index (χ1n) is 5.23. The van der Waals surface area contributed by atoms with Crippen LogP contribution in [0, 0.1) is 0 Å². The molecule has 0 saturated carbocycles. The summed E-state index contributed by atoms with van der Waals surface area (Å²) >= 11 is 6.13. The maximum absolute atomic E-state index is 8.98. The molecule has 0 fully saturated rings. The summed E-state index contributed by atoms with van der Waals surface area (Å²) in [5, 5.41) is 9.53. The zero-order valence-electron chi connectivity index (χ0n) is 9.65. The van der Waals surface area contributed by atoms with Gasteiger partial charge in [-0.1, -0.05) is 17.7 Å². The number of pyridine rings is 1. The number of nitrogens with zero attached hydrogens (tertiary/aromatic N) is 2. The minimum absolute atomic E-state index is 0.0455. The molecule has 1 rings (SSSR count). The second kappa shape index (κ2) is 5.87. The van der Waals surface area contributed by atoms with E-state index in [1.54, 1.807) is 12.3 Å². The minimum atomic E-state index is -0.0455. The van der Waals surface area contributed by atoms with E-state index >= 15 is 0 Å². The SMILES string of the molecule is C=CCN(c1ncc(CO)cc1Cl)C(C)C. The molecule has 88 valence electrons. The number of hydrogen-bond acceptors (Lipinski definition) is 3. The molecule has 4 heteroatoms. The van der Waals surface area contributed by atoms with Gasteiger partial charge in [0.05, 0.1) is 11.6 Å². The van der Waals surface area contributed by atoms with Crippen molar-refractivity contribution >= 4 is 17.4 Å². The van der Waals surface area contributed by atoms with Crippen LogP contribution in [0.4, 0.5) is 5.82 Å². The highest BCUT2D eigenvalue weighted by Gasteiger charge is 2.14. The van der Waals surface area contributed by atoms with E-state index in [0.29, 0.717) is 17.6 Å². The van der Waals surface area contributed by atoms with Crippen molar-refractivity contribution in [1.82, 2.24) is 4.98 Å². The number of anilines is 1. The number of aliphatic hydroxyl groups is 1. The topological polar surface area (TPSA) is 36.4 Å². The normalized spacial score (nSPS) is 10.6. The fraction of sp³-hybridized carbons (Fsp3) is 0.417. The van der Waals surface area contributed by atoms with Gasteiger partial charge in [0, 0.05) is 18.8 Å². The van der Waals surface area contributed by atoms with Gasteiger partial charge < -0.3 is 10.0 Å². The standard InChI is InChI=1S/C12H17ClN2O/c1-4-5-15(9(2)3)12-11(13)6-10(8-16)7-14-12/h4,6-7,9,16H,1,5,8H2,2-3H3. The maximum Gasteiger partial charge on any atom is 0.147 e. The third-order valence-corrected chi connectivity index (χ3v) is 2.56. The van der Waals surface area contributed by atoms with Gasteiger partial charge in [-0.15, -0.1) is 6.58 Å². The number of aliphatic hydroxyl groups excluding tert-OH is 1. The summed E-state index contributed by atoms with van der Waals surface area (Å²) in [6, 6.07) is 2.03. The summed E-state index contributed by atoms with van der Waals surface area (Å²) in [6.07, 6.45) is 3.46. The number of hydrogen-bond donors (Lipinski definition) is 1. The summed E-state index contributed by atoms with van der Waals surface area (Å²) in [5.41, 5.74) is 0.719. The predicted octanol–water partition coefficient (Wildman–Crippen LogP) is 2.63. The van der Waals surface area contributed by atoms with Crippen molar-refractivity contribution in [2.75, 3.05) is 11.4 Å². The molecule has 1 aromatic rings. The first-order valence-corrected chi connectivity index (χ1v) is 5.60. The molecule has 1 heterocycles. The summed E-state index contributed by atoms with van der Waals surface area (Å²) in [6.45, 7) is 8.51. The van der Waals surface area contributed by atoms with Gasteiger partial charge in [0.15, 0.2) is 0 Å². The van der Waals surface area contributed by atoms with Gasteiger partial charge in [-0.25, -0.2) is 4.98 Å². The number of halogens is 1. The van der Waals surface area contributed by atoms with Gasteiger partial charge >= 0.3 is 0 Å². The van der Waals surface area contributed by atoms with Gasteiger partial charge in [-0.3, -0.25) is 0 Å². The van der Waals surface area contributed by atoms with E-state index in [1.165, 1.54) is 0 Å². The van der Waals surface area contributed by atoms with E-state index in [-0.39, 0.29) is 6.61 Å². The van der Waals surface area contributed by atoms with Crippen LogP contribution < -0.4 is 4.90 Å². The lowest BCUT2D eigenvalue weighted by molar-refractivity contribution is 0.281. The molecule has 0 aliphatic carbocycles. The van der Waals surface area contributed by atoms with Crippen LogP contribution in [0.3, 0.4) is 0 Å². The monoisotopic (exact) mass is 240 g/mol. The minimum Gasteiger partial charge on any atom is -0.392 e. The van der Waals surface area contributed by atoms with Crippen molar-refractivity contribution < 1.29 is 5.11 Å². The van der Waals surface area contributed by atoms with Crippen molar-refractivity contribution in [3.8, 4) is 0 Å². The predicted molar refractivity (Wildman–Crippen MR) is 67.8 cm³/mol. The molecule has 1 aromatic heterocycles. The summed E-state index contributed by atoms with van der Waals surface area (Å²) in [7, 11) is 0. The maximum atomic E-state index is 8.98. The molecule has 0 aliphatic heterocycles. The van der Waals surface area contributed by atoms with E-state index in [0.717, 1.165) is 11.4 Å². The van der Waals surface area contributed by atoms with Crippen LogP contribution in [0.1, 0.15) is 19.4 Å². The molecule has 0 bridgehead atoms. The van der Waals surface area contributed by atoms with E-state index < -0.39 is 0 Å². The highest BCUT2D eigenvalue weighted by molar-refractivity contribution is 6.33. The van der Waals surface area contributed by atoms with Crippen LogP contribution in [0.25, 0.3) is 0 Å². The zero-order chi connectivity index (χ0) is 12.1. The molecule has 0 amide bonds. The molecule has 0 aliphatic rings. The second-order valence-electron chi connectivity index (χ2n) is 3.84. The second-order valence-corrected chi connectivity index (χ2v) is 4.25. The molecule has 1 N–H and O–H groups in total. The van der Waals surface area contributed by atoms with Crippen molar-refractivity contribution in [3.05, 3.63) is 35.5 Å². The summed E-state index contributed by atoms with van der Waals surface area (Å²) in [4.78, 5) is 6.33. The smallest absolute Gasteiger partial charge is 0.147 e. The number of rotatable bonds is 5. The Hall–Kier alpha value is -1.06. The van der Waals surface area contributed by atoms with E-state index in [2.05, 4.69) is 30.3 Å². The third kappa shape index (κ3) is 2.97. The molecule has 3 nitrogen and oxygen atoms in total. The van der Waals surface area contributed by atoms with Crippen molar-refractivity contribution in [1.29, 1.82) is 0 Å². The Morgan fingerprint density at radius 2 is 2.31 bits per heavy atom. The van der Waals surface area contributed by atoms with E-state index in [1.807, 2.05) is 6.08 Å². The fourth-order valence-corrected chi connectivity index (χ4v) is 1.75. The molecule has 0 saturated heterocycles.